The summed E-state index contributed by atoms with van der Waals surface area (Å²) in [7, 11) is 0. The normalized spacial score (nSPS) is 11.1. The molecular formula is C12H15ClN4. The van der Waals surface area contributed by atoms with Crippen molar-refractivity contribution in [2.45, 2.75) is 26.4 Å². The van der Waals surface area contributed by atoms with Gasteiger partial charge in [-0.25, -0.2) is 4.68 Å². The molecular weight excluding hydrogens is 236 g/mol. The van der Waals surface area contributed by atoms with Gasteiger partial charge in [0.25, 0.3) is 0 Å². The molecule has 0 spiro atoms. The lowest BCUT2D eigenvalue weighted by molar-refractivity contribution is 0.519. The third kappa shape index (κ3) is 2.18. The first-order chi connectivity index (χ1) is 8.15. The Kier molecular flexibility index (Phi) is 3.45. The van der Waals surface area contributed by atoms with E-state index >= 15 is 0 Å². The lowest BCUT2D eigenvalue weighted by Crippen LogP contribution is -2.06. The number of benzene rings is 1. The maximum Gasteiger partial charge on any atom is 0.104 e. The highest BCUT2D eigenvalue weighted by molar-refractivity contribution is 6.33. The molecule has 0 unspecified atom stereocenters. The minimum Gasteiger partial charge on any atom is -0.325 e. The van der Waals surface area contributed by atoms with E-state index in [0.29, 0.717) is 11.6 Å². The average molecular weight is 251 g/mol. The van der Waals surface area contributed by atoms with Crippen LogP contribution in [0.2, 0.25) is 5.02 Å². The highest BCUT2D eigenvalue weighted by Gasteiger charge is 2.17. The Bertz CT molecular complexity index is 519. The van der Waals surface area contributed by atoms with E-state index in [0.717, 1.165) is 17.0 Å². The predicted octanol–water partition coefficient (Wildman–Crippen LogP) is 2.64. The molecule has 2 aromatic rings. The second-order valence-electron chi connectivity index (χ2n) is 4.11. The van der Waals surface area contributed by atoms with Gasteiger partial charge < -0.3 is 5.73 Å². The van der Waals surface area contributed by atoms with Gasteiger partial charge in [0.15, 0.2) is 0 Å². The number of nitrogens with two attached hydrogens (primary N) is 1. The van der Waals surface area contributed by atoms with Crippen molar-refractivity contribution in [2.24, 2.45) is 5.73 Å². The first-order valence-electron chi connectivity index (χ1n) is 5.54. The Morgan fingerprint density at radius 2 is 2.06 bits per heavy atom. The van der Waals surface area contributed by atoms with Crippen molar-refractivity contribution in [3.05, 3.63) is 35.0 Å². The lowest BCUT2D eigenvalue weighted by Gasteiger charge is -2.11. The molecule has 0 amide bonds. The monoisotopic (exact) mass is 250 g/mol. The molecule has 90 valence electrons. The molecule has 1 aromatic carbocycles. The van der Waals surface area contributed by atoms with Gasteiger partial charge in [-0.2, -0.15) is 0 Å². The zero-order valence-corrected chi connectivity index (χ0v) is 10.6. The zero-order chi connectivity index (χ0) is 12.4. The number of rotatable bonds is 3. The predicted molar refractivity (Wildman–Crippen MR) is 68.7 cm³/mol. The Balaban J connectivity index is 2.64. The van der Waals surface area contributed by atoms with Crippen molar-refractivity contribution in [2.75, 3.05) is 0 Å². The van der Waals surface area contributed by atoms with Crippen LogP contribution in [0.15, 0.2) is 24.3 Å². The standard InChI is InChI=1S/C12H15ClN4/c1-8(2)17-12(11(7-14)15-16-17)9-5-3-4-6-10(9)13/h3-6,8H,7,14H2,1-2H3. The fourth-order valence-electron chi connectivity index (χ4n) is 1.76. The van der Waals surface area contributed by atoms with Gasteiger partial charge >= 0.3 is 0 Å². The van der Waals surface area contributed by atoms with Crippen LogP contribution >= 0.6 is 11.6 Å². The van der Waals surface area contributed by atoms with Gasteiger partial charge in [0.1, 0.15) is 5.69 Å². The van der Waals surface area contributed by atoms with E-state index in [4.69, 9.17) is 17.3 Å². The maximum atomic E-state index is 6.21. The third-order valence-corrected chi connectivity index (χ3v) is 2.91. The van der Waals surface area contributed by atoms with E-state index < -0.39 is 0 Å². The molecule has 5 heteroatoms. The molecule has 1 aromatic heterocycles. The zero-order valence-electron chi connectivity index (χ0n) is 9.89. The average Bonchev–Trinajstić information content (AvgIpc) is 2.73. The fraction of sp³-hybridized carbons (Fsp3) is 0.333. The van der Waals surface area contributed by atoms with E-state index in [2.05, 4.69) is 24.2 Å². The highest BCUT2D eigenvalue weighted by Crippen LogP contribution is 2.30. The SMILES string of the molecule is CC(C)n1nnc(CN)c1-c1ccccc1Cl. The molecule has 0 atom stereocenters. The molecule has 4 nitrogen and oxygen atoms in total. The summed E-state index contributed by atoms with van der Waals surface area (Å²) < 4.78 is 1.85. The minimum absolute atomic E-state index is 0.217. The maximum absolute atomic E-state index is 6.21. The molecule has 1 heterocycles. The van der Waals surface area contributed by atoms with Crippen molar-refractivity contribution in [1.29, 1.82) is 0 Å². The van der Waals surface area contributed by atoms with Crippen molar-refractivity contribution in [3.8, 4) is 11.3 Å². The van der Waals surface area contributed by atoms with Crippen LogP contribution in [0, 0.1) is 0 Å². The quantitative estimate of drug-likeness (QED) is 0.911. The van der Waals surface area contributed by atoms with Gasteiger partial charge in [-0.1, -0.05) is 35.0 Å². The molecule has 0 saturated carbocycles. The summed E-state index contributed by atoms with van der Waals surface area (Å²) in [5.41, 5.74) is 8.30. The van der Waals surface area contributed by atoms with Gasteiger partial charge in [0.2, 0.25) is 0 Å². The third-order valence-electron chi connectivity index (χ3n) is 2.58. The Labute approximate surface area is 105 Å². The van der Waals surface area contributed by atoms with Gasteiger partial charge in [-0.3, -0.25) is 0 Å². The molecule has 0 radical (unpaired) electrons. The molecule has 0 aliphatic rings. The van der Waals surface area contributed by atoms with Gasteiger partial charge in [0.05, 0.1) is 10.7 Å². The summed E-state index contributed by atoms with van der Waals surface area (Å²) in [6.07, 6.45) is 0. The molecule has 0 bridgehead atoms. The smallest absolute Gasteiger partial charge is 0.104 e. The number of aromatic nitrogens is 3. The summed E-state index contributed by atoms with van der Waals surface area (Å²) in [5, 5.41) is 8.92. The molecule has 0 aliphatic carbocycles. The molecule has 2 N–H and O–H groups in total. The van der Waals surface area contributed by atoms with Crippen LogP contribution in [0.5, 0.6) is 0 Å². The van der Waals surface area contributed by atoms with Crippen molar-refractivity contribution >= 4 is 11.6 Å². The van der Waals surface area contributed by atoms with Crippen LogP contribution < -0.4 is 5.73 Å². The highest BCUT2D eigenvalue weighted by atomic mass is 35.5. The summed E-state index contributed by atoms with van der Waals surface area (Å²) in [5.74, 6) is 0. The van der Waals surface area contributed by atoms with Crippen molar-refractivity contribution in [3.63, 3.8) is 0 Å². The summed E-state index contributed by atoms with van der Waals surface area (Å²) in [6.45, 7) is 4.46. The van der Waals surface area contributed by atoms with Crippen LogP contribution in [-0.4, -0.2) is 15.0 Å². The lowest BCUT2D eigenvalue weighted by atomic mass is 10.1. The van der Waals surface area contributed by atoms with Crippen LogP contribution in [0.3, 0.4) is 0 Å². The Morgan fingerprint density at radius 1 is 1.35 bits per heavy atom. The van der Waals surface area contributed by atoms with Crippen LogP contribution in [0.1, 0.15) is 25.6 Å². The van der Waals surface area contributed by atoms with Crippen LogP contribution in [0.25, 0.3) is 11.3 Å². The van der Waals surface area contributed by atoms with E-state index in [-0.39, 0.29) is 6.04 Å². The minimum atomic E-state index is 0.217. The van der Waals surface area contributed by atoms with Crippen molar-refractivity contribution < 1.29 is 0 Å². The summed E-state index contributed by atoms with van der Waals surface area (Å²) in [6, 6.07) is 7.87. The largest absolute Gasteiger partial charge is 0.325 e. The number of hydrogen-bond donors (Lipinski definition) is 1. The van der Waals surface area contributed by atoms with Gasteiger partial charge in [0, 0.05) is 18.2 Å². The topological polar surface area (TPSA) is 56.7 Å². The second kappa shape index (κ2) is 4.85. The molecule has 0 fully saturated rings. The van der Waals surface area contributed by atoms with Crippen LogP contribution in [-0.2, 0) is 6.54 Å². The first kappa shape index (κ1) is 12.1. The fourth-order valence-corrected chi connectivity index (χ4v) is 1.98. The van der Waals surface area contributed by atoms with Gasteiger partial charge in [-0.15, -0.1) is 5.10 Å². The molecule has 0 saturated heterocycles. The number of halogens is 1. The molecule has 2 rings (SSSR count). The summed E-state index contributed by atoms with van der Waals surface area (Å²) >= 11 is 6.21. The Hall–Kier alpha value is -1.39. The Morgan fingerprint density at radius 3 is 2.65 bits per heavy atom. The van der Waals surface area contributed by atoms with Gasteiger partial charge in [-0.05, 0) is 19.9 Å². The second-order valence-corrected chi connectivity index (χ2v) is 4.51. The van der Waals surface area contributed by atoms with E-state index in [1.54, 1.807) is 0 Å². The van der Waals surface area contributed by atoms with Crippen molar-refractivity contribution in [1.82, 2.24) is 15.0 Å². The molecule has 0 aliphatic heterocycles. The number of nitrogens with zero attached hydrogens (tertiary/aromatic N) is 3. The number of hydrogen-bond acceptors (Lipinski definition) is 3. The van der Waals surface area contributed by atoms with E-state index in [9.17, 15) is 0 Å². The summed E-state index contributed by atoms with van der Waals surface area (Å²) in [4.78, 5) is 0. The van der Waals surface area contributed by atoms with Crippen LogP contribution in [0.4, 0.5) is 0 Å². The molecule has 17 heavy (non-hydrogen) atoms. The van der Waals surface area contributed by atoms with E-state index in [1.165, 1.54) is 0 Å². The first-order valence-corrected chi connectivity index (χ1v) is 5.92. The van der Waals surface area contributed by atoms with E-state index in [1.807, 2.05) is 28.9 Å².